The average molecular weight is 368 g/mol. The predicted molar refractivity (Wildman–Crippen MR) is 91.3 cm³/mol. The fourth-order valence-corrected chi connectivity index (χ4v) is 4.82. The van der Waals surface area contributed by atoms with Gasteiger partial charge >= 0.3 is 5.97 Å². The van der Waals surface area contributed by atoms with E-state index in [4.69, 9.17) is 28.3 Å². The Morgan fingerprint density at radius 1 is 1.12 bits per heavy atom. The lowest BCUT2D eigenvalue weighted by Crippen LogP contribution is -2.41. The largest absolute Gasteiger partial charge is 0.481 e. The SMILES string of the molecule is O=C(O)C1CC12CCN(C(=O)C1CC1c1cc(Cl)cc(Cl)c1)CC2. The summed E-state index contributed by atoms with van der Waals surface area (Å²) in [6.45, 7) is 1.37. The normalized spacial score (nSPS) is 30.2. The van der Waals surface area contributed by atoms with Crippen molar-refractivity contribution in [3.05, 3.63) is 33.8 Å². The highest BCUT2D eigenvalue weighted by atomic mass is 35.5. The summed E-state index contributed by atoms with van der Waals surface area (Å²) in [7, 11) is 0. The fourth-order valence-electron chi connectivity index (χ4n) is 4.28. The quantitative estimate of drug-likeness (QED) is 0.883. The van der Waals surface area contributed by atoms with Crippen molar-refractivity contribution >= 4 is 35.1 Å². The van der Waals surface area contributed by atoms with E-state index in [0.717, 1.165) is 31.2 Å². The van der Waals surface area contributed by atoms with Gasteiger partial charge in [0.05, 0.1) is 5.92 Å². The van der Waals surface area contributed by atoms with Crippen molar-refractivity contribution in [3.63, 3.8) is 0 Å². The van der Waals surface area contributed by atoms with Gasteiger partial charge in [0.15, 0.2) is 0 Å². The smallest absolute Gasteiger partial charge is 0.307 e. The molecule has 2 aliphatic carbocycles. The van der Waals surface area contributed by atoms with Gasteiger partial charge < -0.3 is 10.0 Å². The summed E-state index contributed by atoms with van der Waals surface area (Å²) >= 11 is 12.1. The molecule has 3 aliphatic rings. The van der Waals surface area contributed by atoms with Crippen molar-refractivity contribution < 1.29 is 14.7 Å². The first-order chi connectivity index (χ1) is 11.4. The van der Waals surface area contributed by atoms with Crippen LogP contribution in [0.5, 0.6) is 0 Å². The molecule has 3 fully saturated rings. The molecule has 4 nitrogen and oxygen atoms in total. The third kappa shape index (κ3) is 2.80. The van der Waals surface area contributed by atoms with Gasteiger partial charge in [-0.15, -0.1) is 0 Å². The first-order valence-electron chi connectivity index (χ1n) is 8.37. The van der Waals surface area contributed by atoms with Crippen LogP contribution in [0.2, 0.25) is 10.0 Å². The van der Waals surface area contributed by atoms with E-state index in [-0.39, 0.29) is 29.1 Å². The minimum atomic E-state index is -0.685. The Balaban J connectivity index is 1.36. The third-order valence-electron chi connectivity index (χ3n) is 5.98. The standard InChI is InChI=1S/C18H19Cl2NO3/c19-11-5-10(6-12(20)7-11)13-8-14(13)16(22)21-3-1-18(2-4-21)9-15(18)17(23)24/h5-7,13-15H,1-4,8-9H2,(H,23,24). The highest BCUT2D eigenvalue weighted by molar-refractivity contribution is 6.34. The monoisotopic (exact) mass is 367 g/mol. The van der Waals surface area contributed by atoms with Crippen molar-refractivity contribution in [3.8, 4) is 0 Å². The number of carbonyl (C=O) groups is 2. The van der Waals surface area contributed by atoms with E-state index in [9.17, 15) is 9.59 Å². The van der Waals surface area contributed by atoms with Gasteiger partial charge in [-0.1, -0.05) is 23.2 Å². The van der Waals surface area contributed by atoms with Gasteiger partial charge in [-0.25, -0.2) is 0 Å². The van der Waals surface area contributed by atoms with Gasteiger partial charge in [-0.2, -0.15) is 0 Å². The Labute approximate surface area is 150 Å². The maximum Gasteiger partial charge on any atom is 0.307 e. The van der Waals surface area contributed by atoms with Crippen molar-refractivity contribution in [1.82, 2.24) is 4.90 Å². The number of hydrogen-bond donors (Lipinski definition) is 1. The van der Waals surface area contributed by atoms with Gasteiger partial charge in [0.25, 0.3) is 0 Å². The summed E-state index contributed by atoms with van der Waals surface area (Å²) in [6.07, 6.45) is 3.25. The number of nitrogens with zero attached hydrogens (tertiary/aromatic N) is 1. The van der Waals surface area contributed by atoms with E-state index in [1.165, 1.54) is 0 Å². The van der Waals surface area contributed by atoms with Crippen LogP contribution in [-0.2, 0) is 9.59 Å². The number of carbonyl (C=O) groups excluding carboxylic acids is 1. The lowest BCUT2D eigenvalue weighted by Gasteiger charge is -2.33. The Morgan fingerprint density at radius 3 is 2.29 bits per heavy atom. The molecule has 24 heavy (non-hydrogen) atoms. The topological polar surface area (TPSA) is 57.6 Å². The van der Waals surface area contributed by atoms with Gasteiger partial charge in [-0.3, -0.25) is 9.59 Å². The Kier molecular flexibility index (Phi) is 3.81. The molecular formula is C18H19Cl2NO3. The van der Waals surface area contributed by atoms with E-state index in [1.54, 1.807) is 6.07 Å². The van der Waals surface area contributed by atoms with Crippen LogP contribution < -0.4 is 0 Å². The maximum atomic E-state index is 12.7. The van der Waals surface area contributed by atoms with Gasteiger partial charge in [0.1, 0.15) is 0 Å². The molecule has 3 unspecified atom stereocenters. The van der Waals surface area contributed by atoms with Gasteiger partial charge in [0, 0.05) is 29.1 Å². The van der Waals surface area contributed by atoms with Crippen LogP contribution in [0.1, 0.15) is 37.2 Å². The highest BCUT2D eigenvalue weighted by Crippen LogP contribution is 2.60. The van der Waals surface area contributed by atoms with E-state index >= 15 is 0 Å². The number of rotatable bonds is 3. The predicted octanol–water partition coefficient (Wildman–Crippen LogP) is 3.81. The number of piperidine rings is 1. The van der Waals surface area contributed by atoms with Crippen molar-refractivity contribution in [2.75, 3.05) is 13.1 Å². The minimum absolute atomic E-state index is 0.0167. The van der Waals surface area contributed by atoms with Crippen LogP contribution in [0, 0.1) is 17.3 Å². The number of carboxylic acids is 1. The molecule has 0 bridgehead atoms. The second kappa shape index (κ2) is 5.63. The van der Waals surface area contributed by atoms with E-state index < -0.39 is 5.97 Å². The molecule has 1 aromatic carbocycles. The number of amides is 1. The van der Waals surface area contributed by atoms with Gasteiger partial charge in [0.2, 0.25) is 5.91 Å². The van der Waals surface area contributed by atoms with Gasteiger partial charge in [-0.05, 0) is 60.8 Å². The summed E-state index contributed by atoms with van der Waals surface area (Å²) < 4.78 is 0. The number of halogens is 2. The lowest BCUT2D eigenvalue weighted by atomic mass is 9.90. The number of aliphatic carboxylic acids is 1. The molecule has 1 aromatic rings. The molecule has 1 heterocycles. The zero-order valence-electron chi connectivity index (χ0n) is 13.2. The van der Waals surface area contributed by atoms with Crippen molar-refractivity contribution in [1.29, 1.82) is 0 Å². The first kappa shape index (κ1) is 16.2. The maximum absolute atomic E-state index is 12.7. The number of likely N-dealkylation sites (tertiary alicyclic amines) is 1. The number of carboxylic acid groups (broad SMARTS) is 1. The van der Waals surface area contributed by atoms with Crippen molar-refractivity contribution in [2.24, 2.45) is 17.3 Å². The summed E-state index contributed by atoms with van der Waals surface area (Å²) in [5, 5.41) is 10.3. The minimum Gasteiger partial charge on any atom is -0.481 e. The first-order valence-corrected chi connectivity index (χ1v) is 9.13. The van der Waals surface area contributed by atoms with Crippen LogP contribution in [-0.4, -0.2) is 35.0 Å². The Hall–Kier alpha value is -1.26. The molecule has 3 atom stereocenters. The number of benzene rings is 1. The van der Waals surface area contributed by atoms with Crippen LogP contribution in [0.4, 0.5) is 0 Å². The molecular weight excluding hydrogens is 349 g/mol. The third-order valence-corrected chi connectivity index (χ3v) is 6.42. The molecule has 0 radical (unpaired) electrons. The molecule has 1 amide bonds. The molecule has 1 aliphatic heterocycles. The zero-order chi connectivity index (χ0) is 17.1. The van der Waals surface area contributed by atoms with E-state index in [2.05, 4.69) is 0 Å². The molecule has 4 rings (SSSR count). The summed E-state index contributed by atoms with van der Waals surface area (Å²) in [5.41, 5.74) is 0.999. The molecule has 2 saturated carbocycles. The lowest BCUT2D eigenvalue weighted by molar-refractivity contribution is -0.140. The van der Waals surface area contributed by atoms with Crippen LogP contribution in [0.15, 0.2) is 18.2 Å². The van der Waals surface area contributed by atoms with Crippen LogP contribution >= 0.6 is 23.2 Å². The molecule has 1 saturated heterocycles. The Morgan fingerprint density at radius 2 is 1.75 bits per heavy atom. The van der Waals surface area contributed by atoms with Crippen molar-refractivity contribution in [2.45, 2.75) is 31.6 Å². The van der Waals surface area contributed by atoms with E-state index in [1.807, 2.05) is 17.0 Å². The summed E-state index contributed by atoms with van der Waals surface area (Å²) in [4.78, 5) is 25.7. The second-order valence-corrected chi connectivity index (χ2v) is 8.31. The summed E-state index contributed by atoms with van der Waals surface area (Å²) in [6, 6.07) is 5.47. The molecule has 1 spiro atoms. The van der Waals surface area contributed by atoms with Crippen LogP contribution in [0.3, 0.4) is 0 Å². The molecule has 0 aromatic heterocycles. The molecule has 128 valence electrons. The second-order valence-electron chi connectivity index (χ2n) is 7.43. The number of hydrogen-bond acceptors (Lipinski definition) is 2. The average Bonchev–Trinajstić information content (AvgIpc) is 3.41. The zero-order valence-corrected chi connectivity index (χ0v) is 14.7. The Bertz CT molecular complexity index is 692. The van der Waals surface area contributed by atoms with Crippen LogP contribution in [0.25, 0.3) is 0 Å². The highest BCUT2D eigenvalue weighted by Gasteiger charge is 2.59. The summed E-state index contributed by atoms with van der Waals surface area (Å²) in [5.74, 6) is -0.467. The molecule has 6 heteroatoms. The van der Waals surface area contributed by atoms with E-state index in [0.29, 0.717) is 23.1 Å². The molecule has 1 N–H and O–H groups in total. The fraction of sp³-hybridized carbons (Fsp3) is 0.556.